The number of hydrogen-bond acceptors (Lipinski definition) is 7. The molecule has 0 atom stereocenters. The molecule has 0 aliphatic carbocycles. The van der Waals surface area contributed by atoms with Gasteiger partial charge in [-0.1, -0.05) is 0 Å². The molecule has 2 aromatic carbocycles. The van der Waals surface area contributed by atoms with E-state index in [0.717, 1.165) is 46.5 Å². The van der Waals surface area contributed by atoms with Crippen molar-refractivity contribution in [3.05, 3.63) is 35.5 Å². The minimum Gasteiger partial charge on any atom is -0.733 e. The number of fused-ring (bicyclic) bond motifs is 2. The molecule has 0 unspecified atom stereocenters. The summed E-state index contributed by atoms with van der Waals surface area (Å²) in [5, 5.41) is 26.1. The van der Waals surface area contributed by atoms with Crippen molar-refractivity contribution in [3.8, 4) is 5.75 Å². The lowest BCUT2D eigenvalue weighted by Gasteiger charge is -2.26. The molecule has 0 bridgehead atoms. The van der Waals surface area contributed by atoms with Crippen molar-refractivity contribution in [2.45, 2.75) is 0 Å². The third-order valence-corrected chi connectivity index (χ3v) is 4.46. The first-order valence-corrected chi connectivity index (χ1v) is 7.66. The second-order valence-corrected chi connectivity index (χ2v) is 5.82. The maximum Gasteiger partial charge on any atom is 0.119 e. The average Bonchev–Trinajstić information content (AvgIpc) is 2.75. The van der Waals surface area contributed by atoms with Crippen LogP contribution in [0.15, 0.2) is 30.3 Å². The summed E-state index contributed by atoms with van der Waals surface area (Å²) in [7, 11) is 3.62. The minimum absolute atomic E-state index is 0.129. The number of anilines is 3. The Kier molecular flexibility index (Phi) is 3.33. The molecule has 0 amide bonds. The van der Waals surface area contributed by atoms with Crippen LogP contribution in [-0.4, -0.2) is 37.4 Å². The lowest BCUT2D eigenvalue weighted by molar-refractivity contribution is 0.297. The second-order valence-electron chi connectivity index (χ2n) is 5.82. The summed E-state index contributed by atoms with van der Waals surface area (Å²) in [4.78, 5) is 6.74. The van der Waals surface area contributed by atoms with Gasteiger partial charge in [0.2, 0.25) is 0 Å². The predicted molar refractivity (Wildman–Crippen MR) is 95.2 cm³/mol. The van der Waals surface area contributed by atoms with Crippen molar-refractivity contribution in [2.24, 2.45) is 0 Å². The summed E-state index contributed by atoms with van der Waals surface area (Å²) in [5.74, 6) is 0.740. The van der Waals surface area contributed by atoms with E-state index in [4.69, 9.17) is 4.74 Å². The zero-order valence-electron chi connectivity index (χ0n) is 13.4. The number of benzene rings is 2. The summed E-state index contributed by atoms with van der Waals surface area (Å²) in [6.45, 7) is 1.57. The summed E-state index contributed by atoms with van der Waals surface area (Å²) < 4.78 is 5.33. The van der Waals surface area contributed by atoms with Crippen molar-refractivity contribution in [1.29, 1.82) is 0 Å². The Morgan fingerprint density at radius 3 is 2.92 bits per heavy atom. The van der Waals surface area contributed by atoms with E-state index >= 15 is 0 Å². The average molecular weight is 325 g/mol. The first-order valence-electron chi connectivity index (χ1n) is 7.66. The molecule has 7 heteroatoms. The van der Waals surface area contributed by atoms with Gasteiger partial charge in [-0.3, -0.25) is 5.21 Å². The summed E-state index contributed by atoms with van der Waals surface area (Å²) in [6, 6.07) is 9.04. The van der Waals surface area contributed by atoms with Crippen LogP contribution in [0.3, 0.4) is 0 Å². The zero-order chi connectivity index (χ0) is 16.8. The monoisotopic (exact) mass is 325 g/mol. The molecule has 124 valence electrons. The number of hydrogen-bond donors (Lipinski definition) is 2. The fraction of sp³-hybridized carbons (Fsp3) is 0.235. The van der Waals surface area contributed by atoms with Gasteiger partial charge in [-0.15, -0.1) is 0 Å². The largest absolute Gasteiger partial charge is 0.733 e. The highest BCUT2D eigenvalue weighted by atomic mass is 16.8. The first-order chi connectivity index (χ1) is 11.6. The van der Waals surface area contributed by atoms with Gasteiger partial charge in [0.05, 0.1) is 29.5 Å². The van der Waals surface area contributed by atoms with Crippen molar-refractivity contribution in [2.75, 3.05) is 42.7 Å². The van der Waals surface area contributed by atoms with Gasteiger partial charge < -0.3 is 25.4 Å². The topological polar surface area (TPSA) is 83.9 Å². The highest BCUT2D eigenvalue weighted by Crippen LogP contribution is 2.42. The molecule has 1 aliphatic rings. The molecular formula is C17H17N4O3-. The van der Waals surface area contributed by atoms with E-state index in [-0.39, 0.29) is 10.9 Å². The third kappa shape index (κ3) is 2.10. The highest BCUT2D eigenvalue weighted by molar-refractivity contribution is 6.16. The number of rotatable bonds is 2. The number of aromatic nitrogens is 1. The molecular weight excluding hydrogens is 308 g/mol. The quantitative estimate of drug-likeness (QED) is 0.553. The van der Waals surface area contributed by atoms with Gasteiger partial charge in [0.1, 0.15) is 5.75 Å². The molecule has 0 fully saturated rings. The van der Waals surface area contributed by atoms with Crippen LogP contribution in [0.4, 0.5) is 17.1 Å². The molecule has 0 saturated heterocycles. The summed E-state index contributed by atoms with van der Waals surface area (Å²) >= 11 is 0. The molecule has 2 N–H and O–H groups in total. The number of nitrogens with zero attached hydrogens (tertiary/aromatic N) is 3. The van der Waals surface area contributed by atoms with Crippen LogP contribution in [-0.2, 0) is 0 Å². The normalized spacial score (nSPS) is 13.8. The van der Waals surface area contributed by atoms with Crippen molar-refractivity contribution in [1.82, 2.24) is 4.98 Å². The molecule has 1 aliphatic heterocycles. The van der Waals surface area contributed by atoms with Crippen LogP contribution >= 0.6 is 0 Å². The predicted octanol–water partition coefficient (Wildman–Crippen LogP) is 2.95. The molecule has 3 aromatic rings. The van der Waals surface area contributed by atoms with E-state index in [9.17, 15) is 10.4 Å². The number of methoxy groups -OCH3 is 1. The van der Waals surface area contributed by atoms with E-state index in [1.807, 2.05) is 31.3 Å². The van der Waals surface area contributed by atoms with Crippen LogP contribution in [0.2, 0.25) is 0 Å². The Labute approximate surface area is 138 Å². The fourth-order valence-electron chi connectivity index (χ4n) is 3.25. The Hall–Kier alpha value is -2.77. The Morgan fingerprint density at radius 1 is 1.33 bits per heavy atom. The SMILES string of the molecule is COc1ccc2nc3c(N([O-])O)ccc4c3c(c2c1)NCCN4C. The van der Waals surface area contributed by atoms with Crippen LogP contribution < -0.4 is 20.2 Å². The second kappa shape index (κ2) is 5.40. The van der Waals surface area contributed by atoms with E-state index in [1.165, 1.54) is 0 Å². The molecule has 1 aromatic heterocycles. The van der Waals surface area contributed by atoms with Gasteiger partial charge in [0.15, 0.2) is 0 Å². The Balaban J connectivity index is 2.19. The van der Waals surface area contributed by atoms with Gasteiger partial charge >= 0.3 is 0 Å². The van der Waals surface area contributed by atoms with Gasteiger partial charge in [0, 0.05) is 36.6 Å². The Morgan fingerprint density at radius 2 is 2.17 bits per heavy atom. The maximum atomic E-state index is 11.6. The molecule has 0 spiro atoms. The number of pyridine rings is 1. The molecule has 0 radical (unpaired) electrons. The van der Waals surface area contributed by atoms with Crippen molar-refractivity contribution < 1.29 is 9.94 Å². The minimum atomic E-state index is -0.129. The number of nitrogens with one attached hydrogen (secondary N) is 1. The number of ether oxygens (including phenoxy) is 1. The smallest absolute Gasteiger partial charge is 0.119 e. The summed E-state index contributed by atoms with van der Waals surface area (Å²) in [5.41, 5.74) is 3.20. The van der Waals surface area contributed by atoms with E-state index in [0.29, 0.717) is 5.52 Å². The number of likely N-dealkylation sites (N-methyl/N-ethyl adjacent to an activating group) is 1. The molecule has 2 heterocycles. The zero-order valence-corrected chi connectivity index (χ0v) is 13.4. The third-order valence-electron chi connectivity index (χ3n) is 4.46. The standard InChI is InChI=1S/C17H17N4O3/c1-20-8-7-18-16-11-9-10(24-2)3-4-12(11)19-17-14(21(22)23)6-5-13(20)15(16)17/h3-6,9,18,22H,7-8H2,1-2H3/q-1. The van der Waals surface area contributed by atoms with Gasteiger partial charge in [-0.25, -0.2) is 4.98 Å². The molecule has 24 heavy (non-hydrogen) atoms. The van der Waals surface area contributed by atoms with Crippen LogP contribution in [0.25, 0.3) is 21.8 Å². The lowest BCUT2D eigenvalue weighted by Crippen LogP contribution is -2.22. The van der Waals surface area contributed by atoms with Crippen molar-refractivity contribution in [3.63, 3.8) is 0 Å². The van der Waals surface area contributed by atoms with E-state index in [1.54, 1.807) is 13.2 Å². The van der Waals surface area contributed by atoms with E-state index < -0.39 is 0 Å². The molecule has 0 saturated carbocycles. The van der Waals surface area contributed by atoms with Gasteiger partial charge in [-0.05, 0) is 30.3 Å². The Bertz CT molecular complexity index is 942. The molecule has 7 nitrogen and oxygen atoms in total. The first kappa shape index (κ1) is 14.8. The fourth-order valence-corrected chi connectivity index (χ4v) is 3.25. The summed E-state index contributed by atoms with van der Waals surface area (Å²) in [6.07, 6.45) is 0. The van der Waals surface area contributed by atoms with Crippen molar-refractivity contribution >= 4 is 38.9 Å². The lowest BCUT2D eigenvalue weighted by atomic mass is 10.0. The maximum absolute atomic E-state index is 11.6. The highest BCUT2D eigenvalue weighted by Gasteiger charge is 2.20. The van der Waals surface area contributed by atoms with Gasteiger partial charge in [0.25, 0.3) is 0 Å². The molecule has 4 rings (SSSR count). The van der Waals surface area contributed by atoms with E-state index in [2.05, 4.69) is 15.2 Å². The van der Waals surface area contributed by atoms with Crippen LogP contribution in [0.1, 0.15) is 0 Å². The van der Waals surface area contributed by atoms with Gasteiger partial charge in [-0.2, -0.15) is 0 Å². The van der Waals surface area contributed by atoms with Crippen LogP contribution in [0.5, 0.6) is 5.75 Å². The van der Waals surface area contributed by atoms with Crippen LogP contribution in [0, 0.1) is 5.21 Å².